The van der Waals surface area contributed by atoms with Gasteiger partial charge in [-0.2, -0.15) is 0 Å². The van der Waals surface area contributed by atoms with E-state index in [1.54, 1.807) is 32.7 Å². The maximum absolute atomic E-state index is 11.2. The van der Waals surface area contributed by atoms with E-state index in [1.165, 1.54) is 0 Å². The number of hydrogen-bond acceptors (Lipinski definition) is 4. The Kier molecular flexibility index (Phi) is 4.13. The van der Waals surface area contributed by atoms with E-state index in [-0.39, 0.29) is 0 Å². The second-order valence-corrected chi connectivity index (χ2v) is 4.06. The highest BCUT2D eigenvalue weighted by molar-refractivity contribution is 5.79. The minimum atomic E-state index is 0.558. The second kappa shape index (κ2) is 6.00. The van der Waals surface area contributed by atoms with Crippen molar-refractivity contribution in [1.82, 2.24) is 4.98 Å². The number of benzene rings is 1. The third-order valence-electron chi connectivity index (χ3n) is 2.92. The molecule has 0 saturated carbocycles. The Morgan fingerprint density at radius 1 is 1.11 bits per heavy atom. The van der Waals surface area contributed by atoms with Crippen LogP contribution in [0.2, 0.25) is 0 Å². The quantitative estimate of drug-likeness (QED) is 0.772. The van der Waals surface area contributed by atoms with Gasteiger partial charge in [-0.05, 0) is 41.8 Å². The van der Waals surface area contributed by atoms with Crippen molar-refractivity contribution in [3.63, 3.8) is 0 Å². The van der Waals surface area contributed by atoms with Crippen LogP contribution in [0.4, 0.5) is 0 Å². The first-order valence-corrected chi connectivity index (χ1v) is 5.87. The maximum Gasteiger partial charge on any atom is 0.161 e. The van der Waals surface area contributed by atoms with Gasteiger partial charge in [-0.1, -0.05) is 0 Å². The molecule has 0 bridgehead atoms. The molecule has 98 valence electrons. The molecule has 0 aliphatic rings. The Morgan fingerprint density at radius 2 is 1.74 bits per heavy atom. The van der Waals surface area contributed by atoms with Crippen LogP contribution in [0.15, 0.2) is 36.7 Å². The molecule has 1 aromatic heterocycles. The van der Waals surface area contributed by atoms with Gasteiger partial charge in [0.05, 0.1) is 14.2 Å². The monoisotopic (exact) mass is 257 g/mol. The van der Waals surface area contributed by atoms with Crippen LogP contribution in [0.25, 0.3) is 0 Å². The Morgan fingerprint density at radius 3 is 2.32 bits per heavy atom. The highest BCUT2D eigenvalue weighted by Crippen LogP contribution is 2.30. The Labute approximate surface area is 112 Å². The number of methoxy groups -OCH3 is 2. The largest absolute Gasteiger partial charge is 0.493 e. The first kappa shape index (κ1) is 13.1. The molecule has 4 heteroatoms. The summed E-state index contributed by atoms with van der Waals surface area (Å²) < 4.78 is 10.5. The SMILES string of the molecule is COc1cc(C=O)c(Cc2ccncc2)cc1OC. The van der Waals surface area contributed by atoms with Crippen molar-refractivity contribution in [2.45, 2.75) is 6.42 Å². The van der Waals surface area contributed by atoms with Gasteiger partial charge in [0.2, 0.25) is 0 Å². The molecular formula is C15H15NO3. The van der Waals surface area contributed by atoms with E-state index in [4.69, 9.17) is 9.47 Å². The standard InChI is InChI=1S/C15H15NO3/c1-18-14-8-12(7-11-3-5-16-6-4-11)13(10-17)9-15(14)19-2/h3-6,8-10H,7H2,1-2H3. The molecule has 2 rings (SSSR count). The topological polar surface area (TPSA) is 48.4 Å². The lowest BCUT2D eigenvalue weighted by atomic mass is 10.0. The van der Waals surface area contributed by atoms with Crippen LogP contribution in [0.1, 0.15) is 21.5 Å². The third-order valence-corrected chi connectivity index (χ3v) is 2.92. The molecule has 19 heavy (non-hydrogen) atoms. The molecule has 0 aliphatic carbocycles. The highest BCUT2D eigenvalue weighted by atomic mass is 16.5. The van der Waals surface area contributed by atoms with Gasteiger partial charge in [0, 0.05) is 18.0 Å². The molecular weight excluding hydrogens is 242 g/mol. The number of carbonyl (C=O) groups excluding carboxylic acids is 1. The van der Waals surface area contributed by atoms with E-state index in [0.717, 1.165) is 17.4 Å². The zero-order valence-corrected chi connectivity index (χ0v) is 10.9. The van der Waals surface area contributed by atoms with E-state index in [1.807, 2.05) is 18.2 Å². The van der Waals surface area contributed by atoms with Crippen molar-refractivity contribution >= 4 is 6.29 Å². The van der Waals surface area contributed by atoms with Crippen LogP contribution >= 0.6 is 0 Å². The summed E-state index contributed by atoms with van der Waals surface area (Å²) in [5, 5.41) is 0. The molecule has 0 amide bonds. The summed E-state index contributed by atoms with van der Waals surface area (Å²) in [6.07, 6.45) is 4.95. The molecule has 0 atom stereocenters. The van der Waals surface area contributed by atoms with Gasteiger partial charge in [0.15, 0.2) is 11.5 Å². The van der Waals surface area contributed by atoms with Crippen molar-refractivity contribution in [3.8, 4) is 11.5 Å². The van der Waals surface area contributed by atoms with Gasteiger partial charge in [-0.3, -0.25) is 9.78 Å². The number of aldehydes is 1. The minimum absolute atomic E-state index is 0.558. The third kappa shape index (κ3) is 2.91. The maximum atomic E-state index is 11.2. The van der Waals surface area contributed by atoms with E-state index < -0.39 is 0 Å². The number of aromatic nitrogens is 1. The van der Waals surface area contributed by atoms with E-state index >= 15 is 0 Å². The summed E-state index contributed by atoms with van der Waals surface area (Å²) >= 11 is 0. The van der Waals surface area contributed by atoms with E-state index in [0.29, 0.717) is 23.5 Å². The number of pyridine rings is 1. The first-order chi connectivity index (χ1) is 9.28. The molecule has 0 fully saturated rings. The molecule has 1 aromatic carbocycles. The zero-order valence-electron chi connectivity index (χ0n) is 10.9. The number of hydrogen-bond donors (Lipinski definition) is 0. The van der Waals surface area contributed by atoms with Gasteiger partial charge >= 0.3 is 0 Å². The molecule has 0 spiro atoms. The normalized spacial score (nSPS) is 10.0. The van der Waals surface area contributed by atoms with Gasteiger partial charge in [0.1, 0.15) is 6.29 Å². The lowest BCUT2D eigenvalue weighted by Gasteiger charge is -2.12. The smallest absolute Gasteiger partial charge is 0.161 e. The number of nitrogens with zero attached hydrogens (tertiary/aromatic N) is 1. The molecule has 0 radical (unpaired) electrons. The fourth-order valence-corrected chi connectivity index (χ4v) is 1.92. The van der Waals surface area contributed by atoms with E-state index in [2.05, 4.69) is 4.98 Å². The first-order valence-electron chi connectivity index (χ1n) is 5.87. The van der Waals surface area contributed by atoms with Crippen molar-refractivity contribution in [2.75, 3.05) is 14.2 Å². The van der Waals surface area contributed by atoms with Crippen molar-refractivity contribution in [2.24, 2.45) is 0 Å². The molecule has 0 unspecified atom stereocenters. The van der Waals surface area contributed by atoms with Crippen LogP contribution in [0.3, 0.4) is 0 Å². The molecule has 2 aromatic rings. The van der Waals surface area contributed by atoms with Gasteiger partial charge < -0.3 is 9.47 Å². The summed E-state index contributed by atoms with van der Waals surface area (Å²) in [7, 11) is 3.13. The molecule has 4 nitrogen and oxygen atoms in total. The Hall–Kier alpha value is -2.36. The summed E-state index contributed by atoms with van der Waals surface area (Å²) in [5.74, 6) is 1.18. The number of ether oxygens (including phenoxy) is 2. The lowest BCUT2D eigenvalue weighted by molar-refractivity contribution is 0.112. The predicted molar refractivity (Wildman–Crippen MR) is 72.0 cm³/mol. The van der Waals surface area contributed by atoms with Crippen LogP contribution in [0.5, 0.6) is 11.5 Å². The minimum Gasteiger partial charge on any atom is -0.493 e. The number of carbonyl (C=O) groups is 1. The zero-order chi connectivity index (χ0) is 13.7. The van der Waals surface area contributed by atoms with Gasteiger partial charge in [-0.15, -0.1) is 0 Å². The fourth-order valence-electron chi connectivity index (χ4n) is 1.92. The van der Waals surface area contributed by atoms with Gasteiger partial charge in [-0.25, -0.2) is 0 Å². The summed E-state index contributed by atoms with van der Waals surface area (Å²) in [6.45, 7) is 0. The average Bonchev–Trinajstić information content (AvgIpc) is 2.47. The molecule has 1 heterocycles. The van der Waals surface area contributed by atoms with Crippen molar-refractivity contribution < 1.29 is 14.3 Å². The Bertz CT molecular complexity index is 567. The summed E-state index contributed by atoms with van der Waals surface area (Å²) in [4.78, 5) is 15.2. The van der Waals surface area contributed by atoms with Crippen LogP contribution in [-0.4, -0.2) is 25.5 Å². The summed E-state index contributed by atoms with van der Waals surface area (Å²) in [6, 6.07) is 7.38. The van der Waals surface area contributed by atoms with Crippen LogP contribution in [-0.2, 0) is 6.42 Å². The van der Waals surface area contributed by atoms with Crippen LogP contribution < -0.4 is 9.47 Å². The fraction of sp³-hybridized carbons (Fsp3) is 0.200. The predicted octanol–water partition coefficient (Wildman–Crippen LogP) is 2.50. The average molecular weight is 257 g/mol. The number of rotatable bonds is 5. The van der Waals surface area contributed by atoms with Crippen molar-refractivity contribution in [1.29, 1.82) is 0 Å². The molecule has 0 aliphatic heterocycles. The van der Waals surface area contributed by atoms with E-state index in [9.17, 15) is 4.79 Å². The lowest BCUT2D eigenvalue weighted by Crippen LogP contribution is -1.99. The summed E-state index contributed by atoms with van der Waals surface area (Å²) in [5.41, 5.74) is 2.60. The second-order valence-electron chi connectivity index (χ2n) is 4.06. The van der Waals surface area contributed by atoms with Crippen molar-refractivity contribution in [3.05, 3.63) is 53.3 Å². The highest BCUT2D eigenvalue weighted by Gasteiger charge is 2.11. The Balaban J connectivity index is 2.41. The molecule has 0 saturated heterocycles. The van der Waals surface area contributed by atoms with Crippen LogP contribution in [0, 0.1) is 0 Å². The van der Waals surface area contributed by atoms with Gasteiger partial charge in [0.25, 0.3) is 0 Å². The molecule has 0 N–H and O–H groups in total.